The summed E-state index contributed by atoms with van der Waals surface area (Å²) in [6.07, 6.45) is 0. The quantitative estimate of drug-likeness (QED) is 0.785. The standard InChI is InChI=1S/C14H14N2O3/c1-10(14(18)19-2)16-13(17)9-8-12(15-16)11-6-4-3-5-7-11/h3-10H,1-2H3/t10-/m0/s1. The molecule has 0 aliphatic heterocycles. The summed E-state index contributed by atoms with van der Waals surface area (Å²) in [7, 11) is 1.28. The SMILES string of the molecule is COC(=O)[C@H](C)n1nc(-c2ccccc2)ccc1=O. The smallest absolute Gasteiger partial charge is 0.330 e. The van der Waals surface area contributed by atoms with Gasteiger partial charge in [0, 0.05) is 11.6 Å². The van der Waals surface area contributed by atoms with Crippen molar-refractivity contribution in [2.45, 2.75) is 13.0 Å². The summed E-state index contributed by atoms with van der Waals surface area (Å²) in [4.78, 5) is 23.2. The number of nitrogens with zero attached hydrogens (tertiary/aromatic N) is 2. The number of carbonyl (C=O) groups is 1. The molecule has 0 bridgehead atoms. The topological polar surface area (TPSA) is 61.2 Å². The van der Waals surface area contributed by atoms with Gasteiger partial charge in [-0.3, -0.25) is 4.79 Å². The van der Waals surface area contributed by atoms with Crippen LogP contribution in [0, 0.1) is 0 Å². The number of aromatic nitrogens is 2. The van der Waals surface area contributed by atoms with Crippen molar-refractivity contribution in [3.05, 3.63) is 52.8 Å². The molecule has 0 amide bonds. The lowest BCUT2D eigenvalue weighted by Gasteiger charge is -2.12. The maximum Gasteiger partial charge on any atom is 0.330 e. The second-order valence-corrected chi connectivity index (χ2v) is 4.07. The van der Waals surface area contributed by atoms with E-state index in [1.807, 2.05) is 30.3 Å². The minimum Gasteiger partial charge on any atom is -0.467 e. The van der Waals surface area contributed by atoms with Crippen molar-refractivity contribution in [1.29, 1.82) is 0 Å². The Kier molecular flexibility index (Phi) is 3.75. The van der Waals surface area contributed by atoms with Crippen molar-refractivity contribution in [2.75, 3.05) is 7.11 Å². The molecular weight excluding hydrogens is 244 g/mol. The van der Waals surface area contributed by atoms with Crippen LogP contribution in [-0.4, -0.2) is 22.9 Å². The van der Waals surface area contributed by atoms with Gasteiger partial charge in [0.2, 0.25) is 0 Å². The molecule has 0 aliphatic carbocycles. The highest BCUT2D eigenvalue weighted by Gasteiger charge is 2.18. The predicted molar refractivity (Wildman–Crippen MR) is 70.7 cm³/mol. The van der Waals surface area contributed by atoms with Crippen LogP contribution in [0.2, 0.25) is 0 Å². The van der Waals surface area contributed by atoms with Crippen LogP contribution in [0.1, 0.15) is 13.0 Å². The van der Waals surface area contributed by atoms with Crippen molar-refractivity contribution in [3.8, 4) is 11.3 Å². The van der Waals surface area contributed by atoms with Crippen LogP contribution >= 0.6 is 0 Å². The molecule has 0 radical (unpaired) electrons. The van der Waals surface area contributed by atoms with Crippen molar-refractivity contribution in [3.63, 3.8) is 0 Å². The third-order valence-electron chi connectivity index (χ3n) is 2.80. The molecule has 0 aliphatic rings. The molecule has 98 valence electrons. The maximum atomic E-state index is 11.8. The summed E-state index contributed by atoms with van der Waals surface area (Å²) in [6.45, 7) is 1.58. The number of hydrogen-bond acceptors (Lipinski definition) is 4. The normalized spacial score (nSPS) is 11.9. The molecule has 19 heavy (non-hydrogen) atoms. The van der Waals surface area contributed by atoms with E-state index < -0.39 is 12.0 Å². The third-order valence-corrected chi connectivity index (χ3v) is 2.80. The number of benzene rings is 1. The van der Waals surface area contributed by atoms with Crippen LogP contribution in [0.3, 0.4) is 0 Å². The van der Waals surface area contributed by atoms with Gasteiger partial charge in [-0.05, 0) is 13.0 Å². The molecule has 0 saturated heterocycles. The van der Waals surface area contributed by atoms with E-state index in [1.54, 1.807) is 13.0 Å². The molecule has 1 aromatic carbocycles. The van der Waals surface area contributed by atoms with Gasteiger partial charge in [0.25, 0.3) is 5.56 Å². The van der Waals surface area contributed by atoms with E-state index in [1.165, 1.54) is 13.2 Å². The Morgan fingerprint density at radius 1 is 1.21 bits per heavy atom. The average Bonchev–Trinajstić information content (AvgIpc) is 2.47. The number of methoxy groups -OCH3 is 1. The third kappa shape index (κ3) is 2.70. The number of hydrogen-bond donors (Lipinski definition) is 0. The van der Waals surface area contributed by atoms with E-state index in [0.29, 0.717) is 5.69 Å². The fourth-order valence-corrected chi connectivity index (χ4v) is 1.74. The number of ether oxygens (including phenoxy) is 1. The zero-order chi connectivity index (χ0) is 13.8. The van der Waals surface area contributed by atoms with E-state index in [9.17, 15) is 9.59 Å². The van der Waals surface area contributed by atoms with Gasteiger partial charge in [-0.15, -0.1) is 0 Å². The van der Waals surface area contributed by atoms with E-state index in [4.69, 9.17) is 0 Å². The van der Waals surface area contributed by atoms with E-state index >= 15 is 0 Å². The highest BCUT2D eigenvalue weighted by molar-refractivity contribution is 5.73. The summed E-state index contributed by atoms with van der Waals surface area (Å²) < 4.78 is 5.76. The van der Waals surface area contributed by atoms with Gasteiger partial charge < -0.3 is 4.74 Å². The Balaban J connectivity index is 2.46. The van der Waals surface area contributed by atoms with Gasteiger partial charge in [-0.25, -0.2) is 9.48 Å². The van der Waals surface area contributed by atoms with E-state index in [2.05, 4.69) is 9.84 Å². The lowest BCUT2D eigenvalue weighted by atomic mass is 10.1. The zero-order valence-electron chi connectivity index (χ0n) is 10.7. The predicted octanol–water partition coefficient (Wildman–Crippen LogP) is 1.64. The Morgan fingerprint density at radius 2 is 1.89 bits per heavy atom. The molecule has 5 heteroatoms. The number of rotatable bonds is 3. The lowest BCUT2D eigenvalue weighted by Crippen LogP contribution is -2.30. The van der Waals surface area contributed by atoms with Gasteiger partial charge in [0.05, 0.1) is 12.8 Å². The minimum atomic E-state index is -0.749. The summed E-state index contributed by atoms with van der Waals surface area (Å²) in [5.74, 6) is -0.500. The summed E-state index contributed by atoms with van der Waals surface area (Å²) >= 11 is 0. The largest absolute Gasteiger partial charge is 0.467 e. The monoisotopic (exact) mass is 258 g/mol. The molecule has 1 atom stereocenters. The van der Waals surface area contributed by atoms with Crippen LogP contribution < -0.4 is 5.56 Å². The van der Waals surface area contributed by atoms with Gasteiger partial charge in [0.15, 0.2) is 6.04 Å². The first-order valence-electron chi connectivity index (χ1n) is 5.86. The van der Waals surface area contributed by atoms with Crippen LogP contribution in [0.4, 0.5) is 0 Å². The zero-order valence-corrected chi connectivity index (χ0v) is 10.7. The van der Waals surface area contributed by atoms with Gasteiger partial charge in [0.1, 0.15) is 0 Å². The van der Waals surface area contributed by atoms with Crippen molar-refractivity contribution < 1.29 is 9.53 Å². The highest BCUT2D eigenvalue weighted by Crippen LogP contribution is 2.15. The number of esters is 1. The summed E-state index contributed by atoms with van der Waals surface area (Å²) in [5, 5.41) is 4.21. The molecule has 0 unspecified atom stereocenters. The minimum absolute atomic E-state index is 0.336. The second-order valence-electron chi connectivity index (χ2n) is 4.07. The van der Waals surface area contributed by atoms with Gasteiger partial charge in [-0.1, -0.05) is 30.3 Å². The van der Waals surface area contributed by atoms with Crippen LogP contribution in [-0.2, 0) is 9.53 Å². The Morgan fingerprint density at radius 3 is 2.53 bits per heavy atom. The Labute approximate surface area is 110 Å². The fraction of sp³-hybridized carbons (Fsp3) is 0.214. The lowest BCUT2D eigenvalue weighted by molar-refractivity contribution is -0.144. The highest BCUT2D eigenvalue weighted by atomic mass is 16.5. The van der Waals surface area contributed by atoms with Gasteiger partial charge >= 0.3 is 5.97 Å². The van der Waals surface area contributed by atoms with Crippen molar-refractivity contribution in [1.82, 2.24) is 9.78 Å². The molecule has 2 aromatic rings. The van der Waals surface area contributed by atoms with Crippen LogP contribution in [0.25, 0.3) is 11.3 Å². The van der Waals surface area contributed by atoms with Crippen molar-refractivity contribution >= 4 is 5.97 Å². The maximum absolute atomic E-state index is 11.8. The molecule has 2 rings (SSSR count). The molecular formula is C14H14N2O3. The molecule has 0 saturated carbocycles. The summed E-state index contributed by atoms with van der Waals surface area (Å²) in [6, 6.07) is 11.7. The van der Waals surface area contributed by atoms with Gasteiger partial charge in [-0.2, -0.15) is 5.10 Å². The Bertz CT molecular complexity index is 635. The van der Waals surface area contributed by atoms with Crippen LogP contribution in [0.5, 0.6) is 0 Å². The molecule has 0 spiro atoms. The molecule has 5 nitrogen and oxygen atoms in total. The van der Waals surface area contributed by atoms with E-state index in [-0.39, 0.29) is 5.56 Å². The van der Waals surface area contributed by atoms with E-state index in [0.717, 1.165) is 10.2 Å². The molecule has 1 heterocycles. The Hall–Kier alpha value is -2.43. The molecule has 0 fully saturated rings. The fourth-order valence-electron chi connectivity index (χ4n) is 1.74. The molecule has 0 N–H and O–H groups in total. The average molecular weight is 258 g/mol. The second kappa shape index (κ2) is 5.48. The molecule has 1 aromatic heterocycles. The van der Waals surface area contributed by atoms with Crippen molar-refractivity contribution in [2.24, 2.45) is 0 Å². The first kappa shape index (κ1) is 13.0. The first-order valence-corrected chi connectivity index (χ1v) is 5.86. The number of carbonyl (C=O) groups excluding carboxylic acids is 1. The first-order chi connectivity index (χ1) is 9.13. The van der Waals surface area contributed by atoms with Crippen LogP contribution in [0.15, 0.2) is 47.3 Å². The summed E-state index contributed by atoms with van der Waals surface area (Å²) in [5.41, 5.74) is 1.18.